The Bertz CT molecular complexity index is 925. The van der Waals surface area contributed by atoms with Gasteiger partial charge in [-0.05, 0) is 36.1 Å². The molecule has 6 nitrogen and oxygen atoms in total. The predicted molar refractivity (Wildman–Crippen MR) is 107 cm³/mol. The Morgan fingerprint density at radius 1 is 1.25 bits per heavy atom. The van der Waals surface area contributed by atoms with E-state index in [1.165, 1.54) is 6.07 Å². The minimum Gasteiger partial charge on any atom is -0.508 e. The molecule has 0 radical (unpaired) electrons. The van der Waals surface area contributed by atoms with Crippen molar-refractivity contribution in [1.82, 2.24) is 5.32 Å². The van der Waals surface area contributed by atoms with E-state index in [0.29, 0.717) is 18.7 Å². The van der Waals surface area contributed by atoms with Crippen LogP contribution < -0.4 is 10.6 Å². The standard InChI is InChI=1S/C22H24N2O4/c1-28-11-10-23-22(27)18-7-3-6-16-14-4-2-5-15(14)20(24-21(16)18)17-9-8-13(25)12-19(17)26/h2-4,6-9,12,14-15,20,24-26H,5,10-11H2,1H3,(H,23,27). The number of aromatic hydroxyl groups is 2. The summed E-state index contributed by atoms with van der Waals surface area (Å²) in [4.78, 5) is 12.7. The molecule has 1 amide bonds. The van der Waals surface area contributed by atoms with Gasteiger partial charge in [-0.15, -0.1) is 0 Å². The zero-order valence-corrected chi connectivity index (χ0v) is 15.7. The van der Waals surface area contributed by atoms with Gasteiger partial charge in [0.25, 0.3) is 5.91 Å². The molecule has 6 heteroatoms. The molecule has 28 heavy (non-hydrogen) atoms. The number of allylic oxidation sites excluding steroid dienone is 2. The van der Waals surface area contributed by atoms with Crippen LogP contribution in [0.5, 0.6) is 11.5 Å². The van der Waals surface area contributed by atoms with Gasteiger partial charge in [0, 0.05) is 31.2 Å². The van der Waals surface area contributed by atoms with Crippen LogP contribution in [0.2, 0.25) is 0 Å². The molecule has 0 aromatic heterocycles. The number of phenols is 2. The molecule has 146 valence electrons. The molecule has 1 aliphatic carbocycles. The van der Waals surface area contributed by atoms with Crippen molar-refractivity contribution in [2.24, 2.45) is 5.92 Å². The number of hydrogen-bond donors (Lipinski definition) is 4. The van der Waals surface area contributed by atoms with E-state index in [1.807, 2.05) is 6.07 Å². The Balaban J connectivity index is 1.73. The number of anilines is 1. The van der Waals surface area contributed by atoms with Gasteiger partial charge in [0.05, 0.1) is 23.9 Å². The third-order valence-electron chi connectivity index (χ3n) is 5.58. The quantitative estimate of drug-likeness (QED) is 0.472. The second-order valence-corrected chi connectivity index (χ2v) is 7.24. The van der Waals surface area contributed by atoms with Gasteiger partial charge < -0.3 is 25.6 Å². The number of hydrogen-bond acceptors (Lipinski definition) is 5. The first-order valence-electron chi connectivity index (χ1n) is 9.45. The number of phenolic OH excluding ortho intramolecular Hbond substituents is 2. The summed E-state index contributed by atoms with van der Waals surface area (Å²) >= 11 is 0. The largest absolute Gasteiger partial charge is 0.508 e. The van der Waals surface area contributed by atoms with Crippen molar-refractivity contribution in [3.05, 3.63) is 65.2 Å². The molecule has 2 aromatic rings. The number of para-hydroxylation sites is 1. The molecular formula is C22H24N2O4. The van der Waals surface area contributed by atoms with Gasteiger partial charge in [0.2, 0.25) is 0 Å². The van der Waals surface area contributed by atoms with Gasteiger partial charge in [0.15, 0.2) is 0 Å². The first-order chi connectivity index (χ1) is 13.6. The molecule has 0 spiro atoms. The first-order valence-corrected chi connectivity index (χ1v) is 9.45. The first kappa shape index (κ1) is 18.4. The smallest absolute Gasteiger partial charge is 0.253 e. The molecule has 4 rings (SSSR count). The van der Waals surface area contributed by atoms with E-state index in [9.17, 15) is 15.0 Å². The van der Waals surface area contributed by atoms with Crippen LogP contribution >= 0.6 is 0 Å². The third-order valence-corrected chi connectivity index (χ3v) is 5.58. The van der Waals surface area contributed by atoms with Crippen LogP contribution in [0.4, 0.5) is 5.69 Å². The number of ether oxygens (including phenoxy) is 1. The second-order valence-electron chi connectivity index (χ2n) is 7.24. The topological polar surface area (TPSA) is 90.8 Å². The highest BCUT2D eigenvalue weighted by atomic mass is 16.5. The Labute approximate surface area is 163 Å². The highest BCUT2D eigenvalue weighted by molar-refractivity contribution is 6.00. The van der Waals surface area contributed by atoms with Gasteiger partial charge in [-0.1, -0.05) is 24.3 Å². The number of carbonyl (C=O) groups is 1. The van der Waals surface area contributed by atoms with Crippen molar-refractivity contribution in [2.75, 3.05) is 25.6 Å². The van der Waals surface area contributed by atoms with Crippen molar-refractivity contribution in [2.45, 2.75) is 18.4 Å². The van der Waals surface area contributed by atoms with Gasteiger partial charge in [-0.3, -0.25) is 4.79 Å². The Morgan fingerprint density at radius 3 is 2.89 bits per heavy atom. The summed E-state index contributed by atoms with van der Waals surface area (Å²) in [6.45, 7) is 0.888. The number of amides is 1. The Hall–Kier alpha value is -2.99. The molecule has 4 N–H and O–H groups in total. The minimum atomic E-state index is -0.166. The summed E-state index contributed by atoms with van der Waals surface area (Å²) < 4.78 is 5.01. The van der Waals surface area contributed by atoms with Crippen molar-refractivity contribution >= 4 is 11.6 Å². The van der Waals surface area contributed by atoms with E-state index >= 15 is 0 Å². The number of fused-ring (bicyclic) bond motifs is 3. The second kappa shape index (κ2) is 7.56. The molecule has 3 atom stereocenters. The number of benzene rings is 2. The lowest BCUT2D eigenvalue weighted by Crippen LogP contribution is -2.33. The van der Waals surface area contributed by atoms with Crippen molar-refractivity contribution in [1.29, 1.82) is 0 Å². The van der Waals surface area contributed by atoms with Crippen LogP contribution in [-0.2, 0) is 4.74 Å². The van der Waals surface area contributed by atoms with Gasteiger partial charge in [-0.25, -0.2) is 0 Å². The zero-order chi connectivity index (χ0) is 19.7. The van der Waals surface area contributed by atoms with Crippen LogP contribution in [0.3, 0.4) is 0 Å². The zero-order valence-electron chi connectivity index (χ0n) is 15.7. The molecule has 0 fully saturated rings. The molecule has 1 aliphatic heterocycles. The molecule has 3 unspecified atom stereocenters. The third kappa shape index (κ3) is 3.20. The normalized spacial score (nSPS) is 22.2. The van der Waals surface area contributed by atoms with Crippen molar-refractivity contribution in [3.63, 3.8) is 0 Å². The van der Waals surface area contributed by atoms with Crippen LogP contribution in [0.25, 0.3) is 0 Å². The van der Waals surface area contributed by atoms with Crippen LogP contribution in [0.15, 0.2) is 48.6 Å². The van der Waals surface area contributed by atoms with Gasteiger partial charge in [-0.2, -0.15) is 0 Å². The van der Waals surface area contributed by atoms with Crippen molar-refractivity contribution in [3.8, 4) is 11.5 Å². The molecule has 2 aliphatic rings. The Kier molecular flexibility index (Phi) is 4.96. The average Bonchev–Trinajstić information content (AvgIpc) is 3.17. The number of nitrogens with one attached hydrogen (secondary N) is 2. The monoisotopic (exact) mass is 380 g/mol. The van der Waals surface area contributed by atoms with E-state index < -0.39 is 0 Å². The summed E-state index contributed by atoms with van der Waals surface area (Å²) in [6, 6.07) is 10.3. The van der Waals surface area contributed by atoms with E-state index in [0.717, 1.165) is 23.2 Å². The number of carbonyl (C=O) groups excluding carboxylic acids is 1. The number of rotatable bonds is 5. The predicted octanol–water partition coefficient (Wildman–Crippen LogP) is 3.30. The fourth-order valence-electron chi connectivity index (χ4n) is 4.28. The summed E-state index contributed by atoms with van der Waals surface area (Å²) in [7, 11) is 1.60. The van der Waals surface area contributed by atoms with Gasteiger partial charge in [0.1, 0.15) is 11.5 Å². The van der Waals surface area contributed by atoms with Crippen LogP contribution in [-0.4, -0.2) is 36.4 Å². The highest BCUT2D eigenvalue weighted by Gasteiger charge is 2.40. The summed E-state index contributed by atoms with van der Waals surface area (Å²) in [6.07, 6.45) is 5.22. The lowest BCUT2D eigenvalue weighted by molar-refractivity contribution is 0.0937. The summed E-state index contributed by atoms with van der Waals surface area (Å²) in [5.41, 5.74) is 3.18. The fraction of sp³-hybridized carbons (Fsp3) is 0.318. The average molecular weight is 380 g/mol. The van der Waals surface area contributed by atoms with E-state index in [2.05, 4.69) is 28.9 Å². The lowest BCUT2D eigenvalue weighted by Gasteiger charge is -2.38. The molecule has 2 aromatic carbocycles. The molecular weight excluding hydrogens is 356 g/mol. The fourth-order valence-corrected chi connectivity index (χ4v) is 4.28. The maximum absolute atomic E-state index is 12.7. The number of methoxy groups -OCH3 is 1. The lowest BCUT2D eigenvalue weighted by atomic mass is 9.76. The highest BCUT2D eigenvalue weighted by Crippen LogP contribution is 2.52. The minimum absolute atomic E-state index is 0.0248. The maximum Gasteiger partial charge on any atom is 0.253 e. The molecule has 1 heterocycles. The van der Waals surface area contributed by atoms with Gasteiger partial charge >= 0.3 is 0 Å². The SMILES string of the molecule is COCCNC(=O)c1cccc2c1NC(c1ccc(O)cc1O)C1CC=CC21. The summed E-state index contributed by atoms with van der Waals surface area (Å²) in [5.74, 6) is 0.317. The van der Waals surface area contributed by atoms with Crippen LogP contribution in [0.1, 0.15) is 39.9 Å². The molecule has 0 saturated heterocycles. The van der Waals surface area contributed by atoms with E-state index in [1.54, 1.807) is 25.3 Å². The van der Waals surface area contributed by atoms with Crippen molar-refractivity contribution < 1.29 is 19.7 Å². The summed E-state index contributed by atoms with van der Waals surface area (Å²) in [5, 5.41) is 26.5. The van der Waals surface area contributed by atoms with E-state index in [-0.39, 0.29) is 35.3 Å². The Morgan fingerprint density at radius 2 is 2.11 bits per heavy atom. The molecule has 0 bridgehead atoms. The molecule has 0 saturated carbocycles. The van der Waals surface area contributed by atoms with Crippen LogP contribution in [0, 0.1) is 5.92 Å². The van der Waals surface area contributed by atoms with E-state index in [4.69, 9.17) is 4.74 Å². The maximum atomic E-state index is 12.7.